The van der Waals surface area contributed by atoms with E-state index in [-0.39, 0.29) is 0 Å². The van der Waals surface area contributed by atoms with Crippen LogP contribution in [0, 0.1) is 0 Å². The lowest BCUT2D eigenvalue weighted by Gasteiger charge is -2.35. The van der Waals surface area contributed by atoms with Crippen molar-refractivity contribution in [1.29, 1.82) is 0 Å². The minimum Gasteiger partial charge on any atom is -0.456 e. The molecule has 2 aliphatic carbocycles. The summed E-state index contributed by atoms with van der Waals surface area (Å²) >= 11 is 0. The largest absolute Gasteiger partial charge is 0.456 e. The Morgan fingerprint density at radius 3 is 1.46 bits per heavy atom. The van der Waals surface area contributed by atoms with Crippen molar-refractivity contribution in [2.45, 2.75) is 5.41 Å². The van der Waals surface area contributed by atoms with Gasteiger partial charge in [0.15, 0.2) is 5.82 Å². The molecule has 0 aliphatic heterocycles. The topological polar surface area (TPSA) is 38.9 Å². The van der Waals surface area contributed by atoms with E-state index < -0.39 is 5.41 Å². The fourth-order valence-corrected chi connectivity index (χ4v) is 9.55. The van der Waals surface area contributed by atoms with Gasteiger partial charge in [0.2, 0.25) is 0 Å². The number of nitrogens with zero attached hydrogens (tertiary/aromatic N) is 2. The Bertz CT molecular complexity index is 3170. The molecule has 0 saturated carbocycles. The highest BCUT2D eigenvalue weighted by atomic mass is 16.3. The number of benzene rings is 8. The second-order valence-corrected chi connectivity index (χ2v) is 14.8. The number of furan rings is 1. The molecule has 3 heteroatoms. The summed E-state index contributed by atoms with van der Waals surface area (Å²) in [6, 6.07) is 69.9. The molecule has 0 saturated heterocycles. The Hall–Kier alpha value is -7.36. The average molecular weight is 713 g/mol. The highest BCUT2D eigenvalue weighted by molar-refractivity contribution is 6.06. The van der Waals surface area contributed by atoms with Crippen molar-refractivity contribution in [2.75, 3.05) is 0 Å². The van der Waals surface area contributed by atoms with Gasteiger partial charge >= 0.3 is 0 Å². The second kappa shape index (κ2) is 11.8. The summed E-state index contributed by atoms with van der Waals surface area (Å²) in [5.74, 6) is 0.687. The summed E-state index contributed by atoms with van der Waals surface area (Å²) < 4.78 is 6.21. The highest BCUT2D eigenvalue weighted by Gasteiger charge is 2.49. The van der Waals surface area contributed by atoms with Crippen LogP contribution in [0.2, 0.25) is 0 Å². The van der Waals surface area contributed by atoms with E-state index in [4.69, 9.17) is 14.4 Å². The summed E-state index contributed by atoms with van der Waals surface area (Å²) in [6.45, 7) is 0. The molecule has 0 N–H and O–H groups in total. The molecule has 3 nitrogen and oxygen atoms in total. The van der Waals surface area contributed by atoms with E-state index in [1.54, 1.807) is 0 Å². The van der Waals surface area contributed by atoms with E-state index in [0.29, 0.717) is 5.82 Å². The quantitative estimate of drug-likeness (QED) is 0.183. The van der Waals surface area contributed by atoms with Crippen LogP contribution < -0.4 is 0 Å². The molecule has 1 spiro atoms. The minimum atomic E-state index is -0.570. The van der Waals surface area contributed by atoms with Crippen LogP contribution in [0.1, 0.15) is 22.3 Å². The van der Waals surface area contributed by atoms with Crippen molar-refractivity contribution >= 4 is 21.9 Å². The number of rotatable bonds is 3. The molecule has 0 atom stereocenters. The molecule has 2 heterocycles. The first-order valence-corrected chi connectivity index (χ1v) is 19.2. The Balaban J connectivity index is 1.16. The van der Waals surface area contributed by atoms with Gasteiger partial charge in [-0.05, 0) is 92.0 Å². The summed E-state index contributed by atoms with van der Waals surface area (Å²) in [6.07, 6.45) is 0. The van der Waals surface area contributed by atoms with Gasteiger partial charge in [0.05, 0.1) is 16.8 Å². The summed E-state index contributed by atoms with van der Waals surface area (Å²) in [5.41, 5.74) is 18.6. The smallest absolute Gasteiger partial charge is 0.160 e. The average Bonchev–Trinajstić information content (AvgIpc) is 3.76. The van der Waals surface area contributed by atoms with Gasteiger partial charge in [0.25, 0.3) is 0 Å². The summed E-state index contributed by atoms with van der Waals surface area (Å²) in [4.78, 5) is 10.6. The molecule has 2 aromatic heterocycles. The first-order chi connectivity index (χ1) is 27.8. The fourth-order valence-electron chi connectivity index (χ4n) is 9.55. The van der Waals surface area contributed by atoms with Crippen molar-refractivity contribution in [1.82, 2.24) is 9.97 Å². The summed E-state index contributed by atoms with van der Waals surface area (Å²) in [7, 11) is 0. The normalized spacial score (nSPS) is 13.1. The molecule has 0 radical (unpaired) electrons. The molecular formula is C53H32N2O. The van der Waals surface area contributed by atoms with E-state index >= 15 is 0 Å². The maximum absolute atomic E-state index is 6.21. The molecule has 0 amide bonds. The predicted molar refractivity (Wildman–Crippen MR) is 227 cm³/mol. The number of para-hydroxylation sites is 1. The van der Waals surface area contributed by atoms with Crippen molar-refractivity contribution in [3.8, 4) is 67.3 Å². The molecule has 12 rings (SSSR count). The number of hydrogen-bond acceptors (Lipinski definition) is 3. The first-order valence-electron chi connectivity index (χ1n) is 19.2. The van der Waals surface area contributed by atoms with Gasteiger partial charge in [0, 0.05) is 27.5 Å². The SMILES string of the molecule is c1ccc(-c2nc(-c3ccc4c(c3)C3(c5ccccc5-c5ccccc5-4)c4ccccc4-c4ccccc43)cc(-c3ccc4oc5ccccc5c4c3)n2)cc1. The highest BCUT2D eigenvalue weighted by Crippen LogP contribution is 2.61. The Morgan fingerprint density at radius 2 is 0.804 bits per heavy atom. The van der Waals surface area contributed by atoms with Crippen LogP contribution in [-0.2, 0) is 5.41 Å². The van der Waals surface area contributed by atoms with Gasteiger partial charge in [0.1, 0.15) is 11.2 Å². The summed E-state index contributed by atoms with van der Waals surface area (Å²) in [5, 5.41) is 2.16. The zero-order valence-corrected chi connectivity index (χ0v) is 30.3. The first kappa shape index (κ1) is 31.0. The number of aromatic nitrogens is 2. The molecule has 8 aromatic carbocycles. The van der Waals surface area contributed by atoms with Gasteiger partial charge in [-0.2, -0.15) is 0 Å². The van der Waals surface area contributed by atoms with Gasteiger partial charge in [-0.1, -0.05) is 158 Å². The van der Waals surface area contributed by atoms with Gasteiger partial charge in [-0.15, -0.1) is 0 Å². The maximum atomic E-state index is 6.21. The molecule has 56 heavy (non-hydrogen) atoms. The zero-order chi connectivity index (χ0) is 36.8. The van der Waals surface area contributed by atoms with Crippen LogP contribution in [0.3, 0.4) is 0 Å². The lowest BCUT2D eigenvalue weighted by Crippen LogP contribution is -2.29. The fraction of sp³-hybridized carbons (Fsp3) is 0.0189. The third kappa shape index (κ3) is 4.34. The van der Waals surface area contributed by atoms with Gasteiger partial charge in [-0.25, -0.2) is 9.97 Å². The van der Waals surface area contributed by atoms with Crippen molar-refractivity contribution in [3.05, 3.63) is 216 Å². The monoisotopic (exact) mass is 712 g/mol. The van der Waals surface area contributed by atoms with Crippen molar-refractivity contribution in [2.24, 2.45) is 0 Å². The van der Waals surface area contributed by atoms with Crippen molar-refractivity contribution < 1.29 is 4.42 Å². The molecule has 0 fully saturated rings. The Labute approximate surface area is 324 Å². The van der Waals surface area contributed by atoms with E-state index in [1.165, 1.54) is 55.6 Å². The zero-order valence-electron chi connectivity index (χ0n) is 30.3. The van der Waals surface area contributed by atoms with Crippen LogP contribution in [0.5, 0.6) is 0 Å². The van der Waals surface area contributed by atoms with E-state index in [2.05, 4.69) is 164 Å². The lowest BCUT2D eigenvalue weighted by atomic mass is 9.65. The predicted octanol–water partition coefficient (Wildman–Crippen LogP) is 13.4. The molecule has 260 valence electrons. The molecule has 10 aromatic rings. The van der Waals surface area contributed by atoms with Crippen molar-refractivity contribution in [3.63, 3.8) is 0 Å². The maximum Gasteiger partial charge on any atom is 0.160 e. The van der Waals surface area contributed by atoms with Crippen LogP contribution in [0.4, 0.5) is 0 Å². The molecule has 0 bridgehead atoms. The van der Waals surface area contributed by atoms with Crippen LogP contribution in [0.15, 0.2) is 199 Å². The third-order valence-corrected chi connectivity index (χ3v) is 11.9. The van der Waals surface area contributed by atoms with E-state index in [1.807, 2.05) is 30.3 Å². The van der Waals surface area contributed by atoms with E-state index in [9.17, 15) is 0 Å². The number of fused-ring (bicyclic) bond motifs is 15. The van der Waals surface area contributed by atoms with Crippen LogP contribution in [-0.4, -0.2) is 9.97 Å². The third-order valence-electron chi connectivity index (χ3n) is 11.9. The lowest BCUT2D eigenvalue weighted by molar-refractivity contribution is 0.669. The molecule has 0 unspecified atom stereocenters. The Morgan fingerprint density at radius 1 is 0.321 bits per heavy atom. The van der Waals surface area contributed by atoms with Crippen LogP contribution >= 0.6 is 0 Å². The van der Waals surface area contributed by atoms with E-state index in [0.717, 1.165) is 50.0 Å². The Kier molecular flexibility index (Phi) is 6.55. The standard InChI is InChI=1S/C53H32N2O/c1-2-14-33(15-3-1)52-54-48(34-27-29-51-43(30-34)42-21-9-13-25-50(42)56-51)32-49(55-52)35-26-28-41-37-17-5-4-16-36(37)38-18-6-10-22-44(38)53(47(41)31-35)45-23-11-7-19-39(45)40-20-8-12-24-46(40)53/h1-32H. The molecule has 2 aliphatic rings. The number of hydrogen-bond donors (Lipinski definition) is 0. The molecular weight excluding hydrogens is 681 g/mol. The second-order valence-electron chi connectivity index (χ2n) is 14.8. The van der Waals surface area contributed by atoms with Gasteiger partial charge < -0.3 is 4.42 Å². The minimum absolute atomic E-state index is 0.570. The van der Waals surface area contributed by atoms with Gasteiger partial charge in [-0.3, -0.25) is 0 Å². The van der Waals surface area contributed by atoms with Crippen LogP contribution in [0.25, 0.3) is 89.2 Å².